The van der Waals surface area contributed by atoms with Crippen LogP contribution in [0, 0.1) is 0 Å². The molecule has 2 atom stereocenters. The fourth-order valence-corrected chi connectivity index (χ4v) is 5.59. The molecule has 7 N–H and O–H groups in total. The van der Waals surface area contributed by atoms with Gasteiger partial charge in [0.1, 0.15) is 12.1 Å². The van der Waals surface area contributed by atoms with E-state index in [1.165, 1.54) is 38.5 Å². The van der Waals surface area contributed by atoms with Crippen molar-refractivity contribution >= 4 is 35.6 Å². The first-order valence-electron chi connectivity index (χ1n) is 20.5. The fourth-order valence-electron chi connectivity index (χ4n) is 5.59. The standard InChI is InChI=1S/C39H72N4O13/c1-40-32(38(49)50)16-14-15-22-41-35(45)20-19-33(39(51)52)43-36(46)21-24-53-26-28-55-30-31-56-29-27-54-25-23-42-34(44)17-12-10-8-6-4-2-3-5-7-9-11-13-18-37(47)48/h32-33,40H,2-31H2,1H3,(H,41,45)(H,42,44)(H,43,46)(H,47,48)(H,49,50)(H,51,52)/t32-,33+/m0/s1. The highest BCUT2D eigenvalue weighted by molar-refractivity contribution is 5.84. The minimum atomic E-state index is -1.24. The lowest BCUT2D eigenvalue weighted by Gasteiger charge is -2.15. The molecule has 0 saturated carbocycles. The summed E-state index contributed by atoms with van der Waals surface area (Å²) in [5.41, 5.74) is 0. The Balaban J connectivity index is 3.54. The van der Waals surface area contributed by atoms with Crippen LogP contribution in [0.5, 0.6) is 0 Å². The molecule has 0 saturated heterocycles. The topological polar surface area (TPSA) is 248 Å². The van der Waals surface area contributed by atoms with E-state index in [-0.39, 0.29) is 50.7 Å². The van der Waals surface area contributed by atoms with Gasteiger partial charge in [0, 0.05) is 38.8 Å². The van der Waals surface area contributed by atoms with Crippen molar-refractivity contribution in [3.63, 3.8) is 0 Å². The van der Waals surface area contributed by atoms with Gasteiger partial charge < -0.3 is 55.5 Å². The zero-order valence-electron chi connectivity index (χ0n) is 33.8. The molecule has 0 aromatic carbocycles. The summed E-state index contributed by atoms with van der Waals surface area (Å²) >= 11 is 0. The molecule has 326 valence electrons. The first kappa shape index (κ1) is 52.6. The van der Waals surface area contributed by atoms with Gasteiger partial charge in [0.25, 0.3) is 0 Å². The van der Waals surface area contributed by atoms with Crippen LogP contribution < -0.4 is 21.3 Å². The SMILES string of the molecule is CN[C@@H](CCCCNC(=O)CC[C@@H](NC(=O)CCOCCOCCOCCOCCNC(=O)CCCCCCCCCCCCCCC(=O)O)C(=O)O)C(=O)O. The van der Waals surface area contributed by atoms with Crippen LogP contribution in [0.1, 0.15) is 128 Å². The number of ether oxygens (including phenoxy) is 4. The van der Waals surface area contributed by atoms with Crippen LogP contribution >= 0.6 is 0 Å². The number of carboxylic acids is 3. The summed E-state index contributed by atoms with van der Waals surface area (Å²) < 4.78 is 21.7. The van der Waals surface area contributed by atoms with Gasteiger partial charge in [-0.05, 0) is 45.6 Å². The molecule has 3 amide bonds. The van der Waals surface area contributed by atoms with E-state index in [1.54, 1.807) is 7.05 Å². The van der Waals surface area contributed by atoms with Crippen molar-refractivity contribution in [1.82, 2.24) is 21.3 Å². The van der Waals surface area contributed by atoms with Crippen LogP contribution in [0.4, 0.5) is 0 Å². The molecule has 17 nitrogen and oxygen atoms in total. The Morgan fingerprint density at radius 3 is 1.38 bits per heavy atom. The van der Waals surface area contributed by atoms with Crippen molar-refractivity contribution < 1.29 is 63.0 Å². The predicted octanol–water partition coefficient (Wildman–Crippen LogP) is 3.41. The van der Waals surface area contributed by atoms with Gasteiger partial charge in [-0.15, -0.1) is 0 Å². The molecular weight excluding hydrogens is 732 g/mol. The summed E-state index contributed by atoms with van der Waals surface area (Å²) in [7, 11) is 1.57. The van der Waals surface area contributed by atoms with Gasteiger partial charge in [-0.1, -0.05) is 64.2 Å². The molecule has 0 rings (SSSR count). The third-order valence-electron chi connectivity index (χ3n) is 8.88. The van der Waals surface area contributed by atoms with Crippen molar-refractivity contribution in [3.05, 3.63) is 0 Å². The lowest BCUT2D eigenvalue weighted by Crippen LogP contribution is -2.42. The molecule has 0 spiro atoms. The van der Waals surface area contributed by atoms with E-state index in [0.717, 1.165) is 38.5 Å². The number of hydrogen-bond donors (Lipinski definition) is 7. The summed E-state index contributed by atoms with van der Waals surface area (Å²) in [4.78, 5) is 69.2. The highest BCUT2D eigenvalue weighted by Gasteiger charge is 2.21. The maximum Gasteiger partial charge on any atom is 0.326 e. The lowest BCUT2D eigenvalue weighted by atomic mass is 10.0. The Morgan fingerprint density at radius 2 is 0.875 bits per heavy atom. The number of aliphatic carboxylic acids is 3. The van der Waals surface area contributed by atoms with Crippen molar-refractivity contribution in [2.45, 2.75) is 141 Å². The minimum absolute atomic E-state index is 0.0445. The maximum absolute atomic E-state index is 12.2. The van der Waals surface area contributed by atoms with Gasteiger partial charge in [0.2, 0.25) is 17.7 Å². The smallest absolute Gasteiger partial charge is 0.326 e. The van der Waals surface area contributed by atoms with Gasteiger partial charge in [0.05, 0.1) is 52.9 Å². The van der Waals surface area contributed by atoms with E-state index in [1.807, 2.05) is 0 Å². The monoisotopic (exact) mass is 805 g/mol. The number of likely N-dealkylation sites (N-methyl/N-ethyl adjacent to an activating group) is 1. The van der Waals surface area contributed by atoms with Gasteiger partial charge >= 0.3 is 17.9 Å². The predicted molar refractivity (Wildman–Crippen MR) is 209 cm³/mol. The molecule has 0 aliphatic rings. The summed E-state index contributed by atoms with van der Waals surface area (Å²) in [5.74, 6) is -3.68. The average molecular weight is 805 g/mol. The van der Waals surface area contributed by atoms with Crippen LogP contribution in [-0.4, -0.2) is 136 Å². The first-order valence-corrected chi connectivity index (χ1v) is 20.5. The molecule has 0 unspecified atom stereocenters. The van der Waals surface area contributed by atoms with Crippen molar-refractivity contribution in [1.29, 1.82) is 0 Å². The Morgan fingerprint density at radius 1 is 0.429 bits per heavy atom. The van der Waals surface area contributed by atoms with E-state index < -0.39 is 35.9 Å². The number of nitrogens with one attached hydrogen (secondary N) is 4. The van der Waals surface area contributed by atoms with Crippen LogP contribution in [0.15, 0.2) is 0 Å². The van der Waals surface area contributed by atoms with E-state index >= 15 is 0 Å². The zero-order chi connectivity index (χ0) is 41.5. The third-order valence-corrected chi connectivity index (χ3v) is 8.88. The van der Waals surface area contributed by atoms with E-state index in [0.29, 0.717) is 78.4 Å². The highest BCUT2D eigenvalue weighted by Crippen LogP contribution is 2.13. The Kier molecular flexibility index (Phi) is 36.2. The van der Waals surface area contributed by atoms with Gasteiger partial charge in [-0.3, -0.25) is 24.0 Å². The van der Waals surface area contributed by atoms with Crippen LogP contribution in [0.3, 0.4) is 0 Å². The number of unbranched alkanes of at least 4 members (excludes halogenated alkanes) is 12. The van der Waals surface area contributed by atoms with Crippen molar-refractivity contribution in [2.75, 3.05) is 73.0 Å². The molecule has 0 fully saturated rings. The molecule has 0 radical (unpaired) electrons. The van der Waals surface area contributed by atoms with Gasteiger partial charge in [0.15, 0.2) is 0 Å². The summed E-state index contributed by atoms with van der Waals surface area (Å²) in [6.45, 7) is 3.37. The van der Waals surface area contributed by atoms with Crippen LogP contribution in [0.25, 0.3) is 0 Å². The minimum Gasteiger partial charge on any atom is -0.481 e. The second-order valence-electron chi connectivity index (χ2n) is 13.7. The highest BCUT2D eigenvalue weighted by atomic mass is 16.6. The lowest BCUT2D eigenvalue weighted by molar-refractivity contribution is -0.142. The van der Waals surface area contributed by atoms with E-state index in [4.69, 9.17) is 29.2 Å². The summed E-state index contributed by atoms with van der Waals surface area (Å²) in [6.07, 6.45) is 15.6. The van der Waals surface area contributed by atoms with Crippen LogP contribution in [-0.2, 0) is 47.7 Å². The number of amides is 3. The number of carbonyl (C=O) groups is 6. The largest absolute Gasteiger partial charge is 0.481 e. The Labute approximate surface area is 333 Å². The number of hydrogen-bond acceptors (Lipinski definition) is 11. The molecule has 0 heterocycles. The quantitative estimate of drug-likeness (QED) is 0.0437. The number of carbonyl (C=O) groups excluding carboxylic acids is 3. The second kappa shape index (κ2) is 38.5. The third kappa shape index (κ3) is 36.3. The first-order chi connectivity index (χ1) is 27.1. The number of rotatable bonds is 42. The van der Waals surface area contributed by atoms with E-state index in [2.05, 4.69) is 21.3 Å². The fraction of sp³-hybridized carbons (Fsp3) is 0.846. The molecule has 0 aromatic rings. The molecular formula is C39H72N4O13. The molecule has 17 heteroatoms. The molecule has 0 bridgehead atoms. The Hall–Kier alpha value is -3.38. The molecule has 0 aromatic heterocycles. The van der Waals surface area contributed by atoms with Gasteiger partial charge in [-0.25, -0.2) is 4.79 Å². The summed E-state index contributed by atoms with van der Waals surface area (Å²) in [5, 5.41) is 37.7. The molecule has 0 aliphatic heterocycles. The maximum atomic E-state index is 12.2. The average Bonchev–Trinajstić information content (AvgIpc) is 3.15. The van der Waals surface area contributed by atoms with Crippen LogP contribution in [0.2, 0.25) is 0 Å². The second-order valence-corrected chi connectivity index (χ2v) is 13.7. The Bertz CT molecular complexity index is 1050. The number of carboxylic acid groups (broad SMARTS) is 3. The van der Waals surface area contributed by atoms with Gasteiger partial charge in [-0.2, -0.15) is 0 Å². The van der Waals surface area contributed by atoms with E-state index in [9.17, 15) is 33.9 Å². The normalized spacial score (nSPS) is 12.2. The van der Waals surface area contributed by atoms with Crippen molar-refractivity contribution in [2.24, 2.45) is 0 Å². The molecule has 56 heavy (non-hydrogen) atoms. The zero-order valence-corrected chi connectivity index (χ0v) is 33.8. The molecule has 0 aliphatic carbocycles. The van der Waals surface area contributed by atoms with Crippen molar-refractivity contribution in [3.8, 4) is 0 Å². The summed E-state index contributed by atoms with van der Waals surface area (Å²) in [6, 6.07) is -1.85.